The molecule has 3 rings (SSSR count). The number of carbonyl (C=O) groups excluding carboxylic acids is 1. The molecule has 2 aromatic carbocycles. The molecule has 0 spiro atoms. The number of hydrogen-bond acceptors (Lipinski definition) is 2. The monoisotopic (exact) mass is 358 g/mol. The van der Waals surface area contributed by atoms with Gasteiger partial charge in [0.15, 0.2) is 0 Å². The van der Waals surface area contributed by atoms with Crippen molar-refractivity contribution in [3.8, 4) is 0 Å². The SMILES string of the molecule is Cc1cc(Br)ccc1NC(=O)CN1c2ccccc2CC1C. The molecule has 4 heteroatoms. The van der Waals surface area contributed by atoms with Crippen LogP contribution < -0.4 is 10.2 Å². The van der Waals surface area contributed by atoms with E-state index in [0.29, 0.717) is 12.6 Å². The molecule has 0 aliphatic carbocycles. The Kier molecular flexibility index (Phi) is 4.21. The van der Waals surface area contributed by atoms with E-state index in [4.69, 9.17) is 0 Å². The van der Waals surface area contributed by atoms with Gasteiger partial charge in [0, 0.05) is 21.9 Å². The number of para-hydroxylation sites is 1. The van der Waals surface area contributed by atoms with Crippen LogP contribution in [-0.4, -0.2) is 18.5 Å². The molecule has 0 fully saturated rings. The summed E-state index contributed by atoms with van der Waals surface area (Å²) in [5, 5.41) is 3.01. The van der Waals surface area contributed by atoms with E-state index >= 15 is 0 Å². The highest BCUT2D eigenvalue weighted by Crippen LogP contribution is 2.31. The van der Waals surface area contributed by atoms with Crippen LogP contribution in [0.5, 0.6) is 0 Å². The number of anilines is 2. The fourth-order valence-corrected chi connectivity index (χ4v) is 3.46. The molecule has 114 valence electrons. The third-order valence-electron chi connectivity index (χ3n) is 4.12. The second-order valence-corrected chi connectivity index (χ2v) is 6.73. The molecule has 1 atom stereocenters. The van der Waals surface area contributed by atoms with Crippen LogP contribution >= 0.6 is 15.9 Å². The van der Waals surface area contributed by atoms with Gasteiger partial charge in [0.05, 0.1) is 6.54 Å². The first kappa shape index (κ1) is 15.1. The highest BCUT2D eigenvalue weighted by Gasteiger charge is 2.27. The second kappa shape index (κ2) is 6.13. The smallest absolute Gasteiger partial charge is 0.243 e. The highest BCUT2D eigenvalue weighted by molar-refractivity contribution is 9.10. The first-order valence-corrected chi connectivity index (χ1v) is 8.24. The van der Waals surface area contributed by atoms with Gasteiger partial charge >= 0.3 is 0 Å². The lowest BCUT2D eigenvalue weighted by molar-refractivity contribution is -0.115. The van der Waals surface area contributed by atoms with Crippen LogP contribution in [0.4, 0.5) is 11.4 Å². The predicted octanol–water partition coefficient (Wildman–Crippen LogP) is 4.15. The van der Waals surface area contributed by atoms with Gasteiger partial charge in [-0.05, 0) is 55.7 Å². The van der Waals surface area contributed by atoms with Crippen LogP contribution in [0, 0.1) is 6.92 Å². The first-order chi connectivity index (χ1) is 10.5. The molecule has 1 heterocycles. The minimum absolute atomic E-state index is 0.0222. The lowest BCUT2D eigenvalue weighted by Gasteiger charge is -2.24. The highest BCUT2D eigenvalue weighted by atomic mass is 79.9. The zero-order valence-corrected chi connectivity index (χ0v) is 14.4. The zero-order valence-electron chi connectivity index (χ0n) is 12.8. The van der Waals surface area contributed by atoms with Gasteiger partial charge in [-0.15, -0.1) is 0 Å². The largest absolute Gasteiger partial charge is 0.359 e. The maximum Gasteiger partial charge on any atom is 0.243 e. The summed E-state index contributed by atoms with van der Waals surface area (Å²) in [4.78, 5) is 14.6. The molecule has 0 saturated heterocycles. The van der Waals surface area contributed by atoms with Crippen molar-refractivity contribution in [2.75, 3.05) is 16.8 Å². The molecular weight excluding hydrogens is 340 g/mol. The van der Waals surface area contributed by atoms with Crippen LogP contribution in [0.3, 0.4) is 0 Å². The van der Waals surface area contributed by atoms with Gasteiger partial charge in [0.1, 0.15) is 0 Å². The van der Waals surface area contributed by atoms with Gasteiger partial charge in [-0.3, -0.25) is 4.79 Å². The lowest BCUT2D eigenvalue weighted by atomic mass is 10.1. The van der Waals surface area contributed by atoms with E-state index in [1.54, 1.807) is 0 Å². The molecule has 22 heavy (non-hydrogen) atoms. The van der Waals surface area contributed by atoms with Crippen molar-refractivity contribution < 1.29 is 4.79 Å². The van der Waals surface area contributed by atoms with Crippen molar-refractivity contribution in [1.29, 1.82) is 0 Å². The number of fused-ring (bicyclic) bond motifs is 1. The standard InChI is InChI=1S/C18H19BrN2O/c1-12-9-15(19)7-8-16(12)20-18(22)11-21-13(2)10-14-5-3-4-6-17(14)21/h3-9,13H,10-11H2,1-2H3,(H,20,22). The average Bonchev–Trinajstić information content (AvgIpc) is 2.78. The number of nitrogens with one attached hydrogen (secondary N) is 1. The molecule has 3 nitrogen and oxygen atoms in total. The molecule has 2 aromatic rings. The second-order valence-electron chi connectivity index (χ2n) is 5.82. The predicted molar refractivity (Wildman–Crippen MR) is 94.5 cm³/mol. The Morgan fingerprint density at radius 1 is 1.32 bits per heavy atom. The van der Waals surface area contributed by atoms with Crippen molar-refractivity contribution >= 4 is 33.2 Å². The normalized spacial score (nSPS) is 16.5. The van der Waals surface area contributed by atoms with Gasteiger partial charge in [-0.25, -0.2) is 0 Å². The van der Waals surface area contributed by atoms with E-state index in [0.717, 1.165) is 22.1 Å². The molecule has 1 aliphatic rings. The third kappa shape index (κ3) is 3.02. The van der Waals surface area contributed by atoms with Gasteiger partial charge < -0.3 is 10.2 Å². The summed E-state index contributed by atoms with van der Waals surface area (Å²) in [5.41, 5.74) is 4.42. The summed E-state index contributed by atoms with van der Waals surface area (Å²) in [6.45, 7) is 4.54. The Balaban J connectivity index is 1.72. The van der Waals surface area contributed by atoms with Crippen molar-refractivity contribution in [2.45, 2.75) is 26.3 Å². The summed E-state index contributed by atoms with van der Waals surface area (Å²) in [5.74, 6) is 0.0222. The van der Waals surface area contributed by atoms with Crippen LogP contribution in [0.1, 0.15) is 18.1 Å². The van der Waals surface area contributed by atoms with Crippen molar-refractivity contribution in [2.24, 2.45) is 0 Å². The van der Waals surface area contributed by atoms with E-state index in [2.05, 4.69) is 51.3 Å². The Morgan fingerprint density at radius 3 is 2.86 bits per heavy atom. The average molecular weight is 359 g/mol. The van der Waals surface area contributed by atoms with E-state index in [9.17, 15) is 4.79 Å². The molecule has 0 saturated carbocycles. The van der Waals surface area contributed by atoms with E-state index in [-0.39, 0.29) is 5.91 Å². The molecular formula is C18H19BrN2O. The fourth-order valence-electron chi connectivity index (χ4n) is 2.98. The molecule has 0 bridgehead atoms. The fraction of sp³-hybridized carbons (Fsp3) is 0.278. The van der Waals surface area contributed by atoms with E-state index in [1.165, 1.54) is 11.3 Å². The van der Waals surface area contributed by atoms with Gasteiger partial charge in [-0.2, -0.15) is 0 Å². The van der Waals surface area contributed by atoms with Crippen LogP contribution in [0.15, 0.2) is 46.9 Å². The maximum absolute atomic E-state index is 12.4. The summed E-state index contributed by atoms with van der Waals surface area (Å²) >= 11 is 3.44. The quantitative estimate of drug-likeness (QED) is 0.893. The number of nitrogens with zero attached hydrogens (tertiary/aromatic N) is 1. The van der Waals surface area contributed by atoms with Crippen molar-refractivity contribution in [3.05, 3.63) is 58.1 Å². The van der Waals surface area contributed by atoms with E-state index < -0.39 is 0 Å². The number of hydrogen-bond donors (Lipinski definition) is 1. The molecule has 0 aromatic heterocycles. The minimum Gasteiger partial charge on any atom is -0.359 e. The summed E-state index contributed by atoms with van der Waals surface area (Å²) in [6, 6.07) is 14.5. The Bertz CT molecular complexity index is 714. The number of halogens is 1. The van der Waals surface area contributed by atoms with Crippen molar-refractivity contribution in [1.82, 2.24) is 0 Å². The number of amides is 1. The van der Waals surface area contributed by atoms with E-state index in [1.807, 2.05) is 31.2 Å². The summed E-state index contributed by atoms with van der Waals surface area (Å²) in [6.07, 6.45) is 1.00. The van der Waals surface area contributed by atoms with Gasteiger partial charge in [-0.1, -0.05) is 34.1 Å². The number of aryl methyl sites for hydroxylation is 1. The summed E-state index contributed by atoms with van der Waals surface area (Å²) < 4.78 is 1.02. The Morgan fingerprint density at radius 2 is 2.09 bits per heavy atom. The maximum atomic E-state index is 12.4. The number of carbonyl (C=O) groups is 1. The zero-order chi connectivity index (χ0) is 15.7. The van der Waals surface area contributed by atoms with Crippen molar-refractivity contribution in [3.63, 3.8) is 0 Å². The lowest BCUT2D eigenvalue weighted by Crippen LogP contribution is -2.37. The first-order valence-electron chi connectivity index (χ1n) is 7.45. The molecule has 1 unspecified atom stereocenters. The van der Waals surface area contributed by atoms with Gasteiger partial charge in [0.2, 0.25) is 5.91 Å². The van der Waals surface area contributed by atoms with Crippen LogP contribution in [0.25, 0.3) is 0 Å². The Labute approximate surface area is 139 Å². The Hall–Kier alpha value is -1.81. The summed E-state index contributed by atoms with van der Waals surface area (Å²) in [7, 11) is 0. The number of benzene rings is 2. The topological polar surface area (TPSA) is 32.3 Å². The molecule has 1 aliphatic heterocycles. The molecule has 0 radical (unpaired) electrons. The molecule has 1 N–H and O–H groups in total. The van der Waals surface area contributed by atoms with Crippen LogP contribution in [0.2, 0.25) is 0 Å². The molecule has 1 amide bonds. The third-order valence-corrected chi connectivity index (χ3v) is 4.62. The minimum atomic E-state index is 0.0222. The van der Waals surface area contributed by atoms with Crippen LogP contribution in [-0.2, 0) is 11.2 Å². The van der Waals surface area contributed by atoms with Gasteiger partial charge in [0.25, 0.3) is 0 Å². The number of rotatable bonds is 3.